The minimum atomic E-state index is 0.693. The van der Waals surface area contributed by atoms with Crippen LogP contribution in [-0.2, 0) is 6.42 Å². The Labute approximate surface area is 67.6 Å². The topological polar surface area (TPSA) is 26.0 Å². The van der Waals surface area contributed by atoms with Crippen LogP contribution < -0.4 is 0 Å². The molecule has 1 atom stereocenters. The summed E-state index contributed by atoms with van der Waals surface area (Å²) < 4.78 is 5.14. The monoisotopic (exact) mass is 153 g/mol. The van der Waals surface area contributed by atoms with Gasteiger partial charge in [-0.25, -0.2) is 4.98 Å². The zero-order valence-corrected chi connectivity index (χ0v) is 7.21. The molecule has 1 aromatic heterocycles. The fraction of sp³-hybridized carbons (Fsp3) is 0.667. The molecule has 0 bridgehead atoms. The van der Waals surface area contributed by atoms with Crippen LogP contribution in [0.4, 0.5) is 0 Å². The number of hydrogen-bond acceptors (Lipinski definition) is 2. The molecule has 0 saturated carbocycles. The highest BCUT2D eigenvalue weighted by molar-refractivity contribution is 4.81. The van der Waals surface area contributed by atoms with Crippen LogP contribution in [0.3, 0.4) is 0 Å². The molecule has 1 rings (SSSR count). The molecule has 0 amide bonds. The zero-order chi connectivity index (χ0) is 8.10. The van der Waals surface area contributed by atoms with Crippen LogP contribution >= 0.6 is 0 Å². The molecule has 0 spiro atoms. The molecular formula is C9H15NO. The molecule has 0 aliphatic rings. The lowest BCUT2D eigenvalue weighted by atomic mass is 10.0. The lowest BCUT2D eigenvalue weighted by Crippen LogP contribution is -1.98. The maximum absolute atomic E-state index is 5.14. The first-order chi connectivity index (χ1) is 5.33. The third-order valence-electron chi connectivity index (χ3n) is 1.79. The van der Waals surface area contributed by atoms with Crippen LogP contribution in [0.1, 0.15) is 32.6 Å². The van der Waals surface area contributed by atoms with Gasteiger partial charge in [0.25, 0.3) is 0 Å². The Morgan fingerprint density at radius 2 is 2.45 bits per heavy atom. The van der Waals surface area contributed by atoms with Crippen LogP contribution in [0, 0.1) is 5.92 Å². The molecule has 62 valence electrons. The minimum absolute atomic E-state index is 0.693. The lowest BCUT2D eigenvalue weighted by Gasteiger charge is -2.05. The number of oxazole rings is 1. The summed E-state index contributed by atoms with van der Waals surface area (Å²) in [5, 5.41) is 0. The molecule has 0 fully saturated rings. The van der Waals surface area contributed by atoms with Gasteiger partial charge in [-0.15, -0.1) is 0 Å². The fourth-order valence-corrected chi connectivity index (χ4v) is 1.25. The first-order valence-electron chi connectivity index (χ1n) is 4.21. The summed E-state index contributed by atoms with van der Waals surface area (Å²) in [5.41, 5.74) is 0. The Morgan fingerprint density at radius 1 is 1.64 bits per heavy atom. The predicted octanol–water partition coefficient (Wildman–Crippen LogP) is 2.65. The molecular weight excluding hydrogens is 138 g/mol. The molecule has 0 aliphatic carbocycles. The second kappa shape index (κ2) is 4.16. The summed E-state index contributed by atoms with van der Waals surface area (Å²) in [4.78, 5) is 4.07. The zero-order valence-electron chi connectivity index (χ0n) is 7.21. The maximum atomic E-state index is 5.14. The molecule has 1 heterocycles. The van der Waals surface area contributed by atoms with Gasteiger partial charge in [0, 0.05) is 6.42 Å². The molecule has 2 heteroatoms. The van der Waals surface area contributed by atoms with Crippen molar-refractivity contribution in [3.63, 3.8) is 0 Å². The average Bonchev–Trinajstić information content (AvgIpc) is 2.40. The first-order valence-corrected chi connectivity index (χ1v) is 4.21. The standard InChI is InChI=1S/C9H15NO/c1-3-4-8(2)7-9-10-5-6-11-9/h5-6,8H,3-4,7H2,1-2H3. The van der Waals surface area contributed by atoms with E-state index in [0.717, 1.165) is 12.3 Å². The second-order valence-electron chi connectivity index (χ2n) is 3.02. The Balaban J connectivity index is 2.31. The van der Waals surface area contributed by atoms with E-state index in [4.69, 9.17) is 4.42 Å². The van der Waals surface area contributed by atoms with Crippen molar-refractivity contribution in [2.75, 3.05) is 0 Å². The van der Waals surface area contributed by atoms with Gasteiger partial charge in [0.05, 0.1) is 6.20 Å². The second-order valence-corrected chi connectivity index (χ2v) is 3.02. The maximum Gasteiger partial charge on any atom is 0.194 e. The molecule has 2 nitrogen and oxygen atoms in total. The normalized spacial score (nSPS) is 13.3. The fourth-order valence-electron chi connectivity index (χ4n) is 1.25. The molecule has 1 aromatic rings. The Hall–Kier alpha value is -0.790. The van der Waals surface area contributed by atoms with E-state index < -0.39 is 0 Å². The van der Waals surface area contributed by atoms with E-state index in [1.807, 2.05) is 0 Å². The van der Waals surface area contributed by atoms with Crippen LogP contribution in [0.25, 0.3) is 0 Å². The van der Waals surface area contributed by atoms with E-state index in [-0.39, 0.29) is 0 Å². The van der Waals surface area contributed by atoms with Gasteiger partial charge in [0.2, 0.25) is 0 Å². The van der Waals surface area contributed by atoms with Crippen molar-refractivity contribution in [1.29, 1.82) is 0 Å². The summed E-state index contributed by atoms with van der Waals surface area (Å²) in [5.74, 6) is 1.56. The van der Waals surface area contributed by atoms with Gasteiger partial charge in [-0.3, -0.25) is 0 Å². The van der Waals surface area contributed by atoms with Crippen molar-refractivity contribution in [2.45, 2.75) is 33.1 Å². The molecule has 0 aliphatic heterocycles. The molecule has 0 radical (unpaired) electrons. The molecule has 0 N–H and O–H groups in total. The summed E-state index contributed by atoms with van der Waals surface area (Å²) in [6.07, 6.45) is 6.80. The van der Waals surface area contributed by atoms with Gasteiger partial charge in [0.1, 0.15) is 6.26 Å². The SMILES string of the molecule is CCCC(C)Cc1ncco1. The Kier molecular flexibility index (Phi) is 3.14. The number of aromatic nitrogens is 1. The van der Waals surface area contributed by atoms with Gasteiger partial charge in [-0.05, 0) is 5.92 Å². The third-order valence-corrected chi connectivity index (χ3v) is 1.79. The van der Waals surface area contributed by atoms with Gasteiger partial charge < -0.3 is 4.42 Å². The van der Waals surface area contributed by atoms with E-state index >= 15 is 0 Å². The largest absolute Gasteiger partial charge is 0.449 e. The summed E-state index contributed by atoms with van der Waals surface area (Å²) in [6.45, 7) is 4.43. The Bertz CT molecular complexity index is 181. The van der Waals surface area contributed by atoms with Crippen molar-refractivity contribution in [3.05, 3.63) is 18.4 Å². The molecule has 11 heavy (non-hydrogen) atoms. The molecule has 1 unspecified atom stereocenters. The van der Waals surface area contributed by atoms with Crippen molar-refractivity contribution >= 4 is 0 Å². The van der Waals surface area contributed by atoms with E-state index in [2.05, 4.69) is 18.8 Å². The van der Waals surface area contributed by atoms with Crippen molar-refractivity contribution in [1.82, 2.24) is 4.98 Å². The minimum Gasteiger partial charge on any atom is -0.449 e. The van der Waals surface area contributed by atoms with Gasteiger partial charge in [0.15, 0.2) is 5.89 Å². The highest BCUT2D eigenvalue weighted by atomic mass is 16.3. The average molecular weight is 153 g/mol. The first kappa shape index (κ1) is 8.31. The summed E-state index contributed by atoms with van der Waals surface area (Å²) >= 11 is 0. The highest BCUT2D eigenvalue weighted by Gasteiger charge is 2.04. The summed E-state index contributed by atoms with van der Waals surface area (Å²) in [7, 11) is 0. The van der Waals surface area contributed by atoms with Crippen molar-refractivity contribution in [2.24, 2.45) is 5.92 Å². The predicted molar refractivity (Wildman–Crippen MR) is 44.3 cm³/mol. The van der Waals surface area contributed by atoms with Crippen LogP contribution in [0.15, 0.2) is 16.9 Å². The number of hydrogen-bond donors (Lipinski definition) is 0. The van der Waals surface area contributed by atoms with Gasteiger partial charge in [-0.1, -0.05) is 26.7 Å². The van der Waals surface area contributed by atoms with Gasteiger partial charge >= 0.3 is 0 Å². The quantitative estimate of drug-likeness (QED) is 0.664. The van der Waals surface area contributed by atoms with E-state index in [0.29, 0.717) is 5.92 Å². The summed E-state index contributed by atoms with van der Waals surface area (Å²) in [6, 6.07) is 0. The molecule has 0 aromatic carbocycles. The Morgan fingerprint density at radius 3 is 3.00 bits per heavy atom. The molecule has 0 saturated heterocycles. The van der Waals surface area contributed by atoms with Crippen molar-refractivity contribution in [3.8, 4) is 0 Å². The number of nitrogens with zero attached hydrogens (tertiary/aromatic N) is 1. The van der Waals surface area contributed by atoms with Crippen molar-refractivity contribution < 1.29 is 4.42 Å². The number of rotatable bonds is 4. The van der Waals surface area contributed by atoms with Crippen LogP contribution in [-0.4, -0.2) is 4.98 Å². The smallest absolute Gasteiger partial charge is 0.194 e. The lowest BCUT2D eigenvalue weighted by molar-refractivity contribution is 0.426. The highest BCUT2D eigenvalue weighted by Crippen LogP contribution is 2.11. The van der Waals surface area contributed by atoms with Gasteiger partial charge in [-0.2, -0.15) is 0 Å². The third kappa shape index (κ3) is 2.74. The van der Waals surface area contributed by atoms with Crippen LogP contribution in [0.5, 0.6) is 0 Å². The van der Waals surface area contributed by atoms with E-state index in [1.165, 1.54) is 12.8 Å². The van der Waals surface area contributed by atoms with E-state index in [1.54, 1.807) is 12.5 Å². The van der Waals surface area contributed by atoms with E-state index in [9.17, 15) is 0 Å². The van der Waals surface area contributed by atoms with Crippen LogP contribution in [0.2, 0.25) is 0 Å².